The second kappa shape index (κ2) is 5.27. The van der Waals surface area contributed by atoms with Crippen molar-refractivity contribution in [2.75, 3.05) is 6.61 Å². The molecule has 0 bridgehead atoms. The summed E-state index contributed by atoms with van der Waals surface area (Å²) in [7, 11) is 0. The van der Waals surface area contributed by atoms with E-state index in [1.165, 1.54) is 0 Å². The first-order chi connectivity index (χ1) is 6.34. The average molecular weight is 174 g/mol. The van der Waals surface area contributed by atoms with Gasteiger partial charge in [0.05, 0.1) is 0 Å². The van der Waals surface area contributed by atoms with E-state index in [0.717, 1.165) is 17.7 Å². The molecule has 0 amide bonds. The lowest BCUT2D eigenvalue weighted by Crippen LogP contribution is -1.95. The largest absolute Gasteiger partial charge is 0.481 e. The molecule has 1 aromatic carbocycles. The van der Waals surface area contributed by atoms with Crippen LogP contribution in [0.2, 0.25) is 0 Å². The number of hydrogen-bond donors (Lipinski definition) is 0. The lowest BCUT2D eigenvalue weighted by atomic mass is 10.2. The summed E-state index contributed by atoms with van der Waals surface area (Å²) in [4.78, 5) is 0. The average Bonchev–Trinajstić information content (AvgIpc) is 2.15. The van der Waals surface area contributed by atoms with Crippen LogP contribution in [0, 0.1) is 18.8 Å². The summed E-state index contributed by atoms with van der Waals surface area (Å²) in [5.41, 5.74) is 1.15. The molecule has 0 spiro atoms. The van der Waals surface area contributed by atoms with Gasteiger partial charge in [-0.05, 0) is 18.6 Å². The predicted molar refractivity (Wildman–Crippen MR) is 54.7 cm³/mol. The molecule has 0 aliphatic rings. The van der Waals surface area contributed by atoms with Gasteiger partial charge in [-0.2, -0.15) is 0 Å². The minimum Gasteiger partial charge on any atom is -0.481 e. The van der Waals surface area contributed by atoms with E-state index in [9.17, 15) is 0 Å². The van der Waals surface area contributed by atoms with Gasteiger partial charge >= 0.3 is 0 Å². The standard InChI is InChI=1S/C12H14O/c1-3-4-7-10-13-12-9-6-5-8-11(12)2/h5-6,8-9H,3,10H2,1-2H3. The summed E-state index contributed by atoms with van der Waals surface area (Å²) >= 11 is 0. The highest BCUT2D eigenvalue weighted by Crippen LogP contribution is 2.15. The van der Waals surface area contributed by atoms with E-state index in [-0.39, 0.29) is 0 Å². The van der Waals surface area contributed by atoms with Gasteiger partial charge in [-0.1, -0.05) is 31.0 Å². The molecule has 1 nitrogen and oxygen atoms in total. The molecule has 0 aromatic heterocycles. The maximum atomic E-state index is 5.47. The maximum absolute atomic E-state index is 5.47. The molecule has 68 valence electrons. The SMILES string of the molecule is CCC#CCOc1ccccc1C. The van der Waals surface area contributed by atoms with Gasteiger partial charge < -0.3 is 4.74 Å². The molecule has 0 aliphatic carbocycles. The van der Waals surface area contributed by atoms with E-state index in [2.05, 4.69) is 11.8 Å². The van der Waals surface area contributed by atoms with Gasteiger partial charge in [0, 0.05) is 6.42 Å². The molecule has 1 aromatic rings. The monoisotopic (exact) mass is 174 g/mol. The van der Waals surface area contributed by atoms with Crippen molar-refractivity contribution < 1.29 is 4.74 Å². The zero-order chi connectivity index (χ0) is 9.52. The molecule has 0 atom stereocenters. The second-order valence-corrected chi connectivity index (χ2v) is 2.76. The number of hydrogen-bond acceptors (Lipinski definition) is 1. The topological polar surface area (TPSA) is 9.23 Å². The number of para-hydroxylation sites is 1. The summed E-state index contributed by atoms with van der Waals surface area (Å²) in [5.74, 6) is 6.83. The molecule has 0 unspecified atom stereocenters. The highest BCUT2D eigenvalue weighted by molar-refractivity contribution is 5.32. The highest BCUT2D eigenvalue weighted by Gasteiger charge is 1.94. The number of ether oxygens (including phenoxy) is 1. The van der Waals surface area contributed by atoms with Crippen LogP contribution >= 0.6 is 0 Å². The molecule has 1 rings (SSSR count). The Balaban J connectivity index is 2.50. The maximum Gasteiger partial charge on any atom is 0.149 e. The van der Waals surface area contributed by atoms with Crippen LogP contribution in [0.4, 0.5) is 0 Å². The first-order valence-corrected chi connectivity index (χ1v) is 4.48. The molecular weight excluding hydrogens is 160 g/mol. The van der Waals surface area contributed by atoms with E-state index in [1.807, 2.05) is 38.1 Å². The van der Waals surface area contributed by atoms with Crippen LogP contribution in [0.1, 0.15) is 18.9 Å². The second-order valence-electron chi connectivity index (χ2n) is 2.76. The van der Waals surface area contributed by atoms with Crippen LogP contribution < -0.4 is 4.74 Å². The summed E-state index contributed by atoms with van der Waals surface area (Å²) in [6.07, 6.45) is 0.886. The number of aryl methyl sites for hydroxylation is 1. The lowest BCUT2D eigenvalue weighted by Gasteiger charge is -2.04. The van der Waals surface area contributed by atoms with Gasteiger partial charge in [0.25, 0.3) is 0 Å². The van der Waals surface area contributed by atoms with Crippen molar-refractivity contribution in [3.05, 3.63) is 29.8 Å². The third kappa shape index (κ3) is 3.21. The molecule has 0 N–H and O–H groups in total. The van der Waals surface area contributed by atoms with Crippen molar-refractivity contribution in [1.82, 2.24) is 0 Å². The van der Waals surface area contributed by atoms with Crippen LogP contribution in [-0.2, 0) is 0 Å². The Bertz CT molecular complexity index is 317. The van der Waals surface area contributed by atoms with Crippen molar-refractivity contribution in [3.63, 3.8) is 0 Å². The lowest BCUT2D eigenvalue weighted by molar-refractivity contribution is 0.367. The number of rotatable bonds is 2. The molecule has 0 radical (unpaired) electrons. The number of benzene rings is 1. The predicted octanol–water partition coefficient (Wildman–Crippen LogP) is 2.79. The van der Waals surface area contributed by atoms with E-state index >= 15 is 0 Å². The molecule has 0 aliphatic heterocycles. The van der Waals surface area contributed by atoms with Crippen molar-refractivity contribution >= 4 is 0 Å². The van der Waals surface area contributed by atoms with Crippen LogP contribution in [0.15, 0.2) is 24.3 Å². The molecule has 0 fully saturated rings. The molecule has 0 heterocycles. The van der Waals surface area contributed by atoms with Crippen molar-refractivity contribution in [2.45, 2.75) is 20.3 Å². The highest BCUT2D eigenvalue weighted by atomic mass is 16.5. The molecule has 1 heteroatoms. The fourth-order valence-corrected chi connectivity index (χ4v) is 1.01. The van der Waals surface area contributed by atoms with Crippen molar-refractivity contribution in [1.29, 1.82) is 0 Å². The Morgan fingerprint density at radius 1 is 1.23 bits per heavy atom. The van der Waals surface area contributed by atoms with E-state index < -0.39 is 0 Å². The fourth-order valence-electron chi connectivity index (χ4n) is 1.01. The third-order valence-electron chi connectivity index (χ3n) is 1.70. The van der Waals surface area contributed by atoms with Crippen molar-refractivity contribution in [2.24, 2.45) is 0 Å². The third-order valence-corrected chi connectivity index (χ3v) is 1.70. The van der Waals surface area contributed by atoms with Gasteiger partial charge in [0.1, 0.15) is 12.4 Å². The van der Waals surface area contributed by atoms with E-state index in [0.29, 0.717) is 6.61 Å². The Morgan fingerprint density at radius 2 is 2.00 bits per heavy atom. The van der Waals surface area contributed by atoms with Gasteiger partial charge in [-0.3, -0.25) is 0 Å². The molecule has 0 saturated heterocycles. The summed E-state index contributed by atoms with van der Waals surface area (Å²) in [6.45, 7) is 4.54. The van der Waals surface area contributed by atoms with Crippen LogP contribution in [0.3, 0.4) is 0 Å². The Kier molecular flexibility index (Phi) is 3.92. The van der Waals surface area contributed by atoms with Gasteiger partial charge in [-0.25, -0.2) is 0 Å². The van der Waals surface area contributed by atoms with E-state index in [1.54, 1.807) is 0 Å². The normalized spacial score (nSPS) is 8.77. The first kappa shape index (κ1) is 9.67. The molecular formula is C12H14O. The Hall–Kier alpha value is -1.42. The van der Waals surface area contributed by atoms with Crippen LogP contribution in [-0.4, -0.2) is 6.61 Å². The van der Waals surface area contributed by atoms with Crippen LogP contribution in [0.25, 0.3) is 0 Å². The van der Waals surface area contributed by atoms with Crippen LogP contribution in [0.5, 0.6) is 5.75 Å². The summed E-state index contributed by atoms with van der Waals surface area (Å²) in [5, 5.41) is 0. The fraction of sp³-hybridized carbons (Fsp3) is 0.333. The van der Waals surface area contributed by atoms with Gasteiger partial charge in [-0.15, -0.1) is 5.92 Å². The molecule has 13 heavy (non-hydrogen) atoms. The zero-order valence-corrected chi connectivity index (χ0v) is 8.13. The summed E-state index contributed by atoms with van der Waals surface area (Å²) in [6, 6.07) is 7.96. The van der Waals surface area contributed by atoms with E-state index in [4.69, 9.17) is 4.74 Å². The molecule has 0 saturated carbocycles. The zero-order valence-electron chi connectivity index (χ0n) is 8.13. The Labute approximate surface area is 79.7 Å². The quantitative estimate of drug-likeness (QED) is 0.626. The van der Waals surface area contributed by atoms with Gasteiger partial charge in [0.2, 0.25) is 0 Å². The minimum atomic E-state index is 0.485. The minimum absolute atomic E-state index is 0.485. The smallest absolute Gasteiger partial charge is 0.149 e. The first-order valence-electron chi connectivity index (χ1n) is 4.48. The Morgan fingerprint density at radius 3 is 2.69 bits per heavy atom. The summed E-state index contributed by atoms with van der Waals surface area (Å²) < 4.78 is 5.47. The van der Waals surface area contributed by atoms with Crippen molar-refractivity contribution in [3.8, 4) is 17.6 Å². The van der Waals surface area contributed by atoms with Gasteiger partial charge in [0.15, 0.2) is 0 Å².